The first kappa shape index (κ1) is 12.9. The highest BCUT2D eigenvalue weighted by atomic mass is 16.7. The van der Waals surface area contributed by atoms with Gasteiger partial charge in [-0.3, -0.25) is 4.90 Å². The Hall–Kier alpha value is -0.200. The molecule has 1 aliphatic rings. The predicted molar refractivity (Wildman–Crippen MR) is 57.9 cm³/mol. The first-order chi connectivity index (χ1) is 7.30. The number of likely N-dealkylation sites (N-methyl/N-ethyl adjacent to an activating group) is 1. The van der Waals surface area contributed by atoms with Crippen LogP contribution in [0, 0.1) is 0 Å². The monoisotopic (exact) mass is 218 g/mol. The largest absolute Gasteiger partial charge is 0.374 e. The van der Waals surface area contributed by atoms with E-state index in [-0.39, 0.29) is 12.4 Å². The molecule has 15 heavy (non-hydrogen) atoms. The SMILES string of the molecule is CNCC1CN(CC(OC)OC)CCO1. The van der Waals surface area contributed by atoms with Crippen molar-refractivity contribution in [1.82, 2.24) is 10.2 Å². The highest BCUT2D eigenvalue weighted by Crippen LogP contribution is 2.06. The molecular weight excluding hydrogens is 196 g/mol. The Morgan fingerprint density at radius 1 is 1.47 bits per heavy atom. The average molecular weight is 218 g/mol. The molecule has 0 amide bonds. The maximum absolute atomic E-state index is 5.61. The van der Waals surface area contributed by atoms with E-state index in [0.29, 0.717) is 0 Å². The van der Waals surface area contributed by atoms with Gasteiger partial charge in [0.1, 0.15) is 0 Å². The number of ether oxygens (including phenoxy) is 3. The molecule has 90 valence electrons. The van der Waals surface area contributed by atoms with Crippen LogP contribution < -0.4 is 5.32 Å². The van der Waals surface area contributed by atoms with E-state index >= 15 is 0 Å². The molecule has 5 heteroatoms. The minimum atomic E-state index is -0.140. The van der Waals surface area contributed by atoms with Crippen LogP contribution in [0.4, 0.5) is 0 Å². The van der Waals surface area contributed by atoms with Crippen LogP contribution in [-0.2, 0) is 14.2 Å². The summed E-state index contributed by atoms with van der Waals surface area (Å²) < 4.78 is 16.0. The average Bonchev–Trinajstić information content (AvgIpc) is 2.27. The number of nitrogens with zero attached hydrogens (tertiary/aromatic N) is 1. The van der Waals surface area contributed by atoms with Gasteiger partial charge in [-0.25, -0.2) is 0 Å². The van der Waals surface area contributed by atoms with E-state index in [9.17, 15) is 0 Å². The number of rotatable bonds is 6. The molecule has 0 radical (unpaired) electrons. The molecule has 1 unspecified atom stereocenters. The van der Waals surface area contributed by atoms with Crippen molar-refractivity contribution in [3.8, 4) is 0 Å². The van der Waals surface area contributed by atoms with Crippen LogP contribution in [-0.4, -0.2) is 71.3 Å². The molecule has 1 heterocycles. The van der Waals surface area contributed by atoms with Gasteiger partial charge in [0, 0.05) is 40.4 Å². The van der Waals surface area contributed by atoms with Gasteiger partial charge in [-0.2, -0.15) is 0 Å². The second kappa shape index (κ2) is 7.14. The zero-order chi connectivity index (χ0) is 11.1. The number of methoxy groups -OCH3 is 2. The lowest BCUT2D eigenvalue weighted by Crippen LogP contribution is -2.48. The molecule has 1 atom stereocenters. The Morgan fingerprint density at radius 2 is 2.20 bits per heavy atom. The van der Waals surface area contributed by atoms with E-state index in [1.165, 1.54) is 0 Å². The Bertz CT molecular complexity index is 163. The summed E-state index contributed by atoms with van der Waals surface area (Å²) in [6.45, 7) is 4.36. The summed E-state index contributed by atoms with van der Waals surface area (Å²) in [6.07, 6.45) is 0.136. The Balaban J connectivity index is 2.28. The van der Waals surface area contributed by atoms with Gasteiger partial charge in [0.15, 0.2) is 6.29 Å². The summed E-state index contributed by atoms with van der Waals surface area (Å²) in [5, 5.41) is 3.13. The minimum Gasteiger partial charge on any atom is -0.374 e. The van der Waals surface area contributed by atoms with Crippen molar-refractivity contribution < 1.29 is 14.2 Å². The summed E-state index contributed by atoms with van der Waals surface area (Å²) >= 11 is 0. The highest BCUT2D eigenvalue weighted by molar-refractivity contribution is 4.73. The molecule has 0 saturated carbocycles. The van der Waals surface area contributed by atoms with Crippen molar-refractivity contribution in [2.75, 3.05) is 54.1 Å². The van der Waals surface area contributed by atoms with Crippen molar-refractivity contribution in [3.05, 3.63) is 0 Å². The summed E-state index contributed by atoms with van der Waals surface area (Å²) in [5.41, 5.74) is 0. The lowest BCUT2D eigenvalue weighted by molar-refractivity contribution is -0.130. The molecule has 0 aromatic rings. The van der Waals surface area contributed by atoms with Gasteiger partial charge in [-0.05, 0) is 7.05 Å². The molecule has 5 nitrogen and oxygen atoms in total. The second-order valence-electron chi connectivity index (χ2n) is 3.71. The highest BCUT2D eigenvalue weighted by Gasteiger charge is 2.22. The van der Waals surface area contributed by atoms with Gasteiger partial charge in [0.25, 0.3) is 0 Å². The molecule has 0 aromatic carbocycles. The van der Waals surface area contributed by atoms with Crippen LogP contribution in [0.5, 0.6) is 0 Å². The van der Waals surface area contributed by atoms with Gasteiger partial charge < -0.3 is 19.5 Å². The lowest BCUT2D eigenvalue weighted by Gasteiger charge is -2.34. The second-order valence-corrected chi connectivity index (χ2v) is 3.71. The molecule has 1 aliphatic heterocycles. The van der Waals surface area contributed by atoms with Gasteiger partial charge >= 0.3 is 0 Å². The molecule has 1 fully saturated rings. The fourth-order valence-electron chi connectivity index (χ4n) is 1.75. The van der Waals surface area contributed by atoms with Crippen LogP contribution in [0.1, 0.15) is 0 Å². The van der Waals surface area contributed by atoms with Crippen molar-refractivity contribution in [1.29, 1.82) is 0 Å². The number of hydrogen-bond donors (Lipinski definition) is 1. The van der Waals surface area contributed by atoms with Crippen LogP contribution >= 0.6 is 0 Å². The van der Waals surface area contributed by atoms with Gasteiger partial charge in [0.2, 0.25) is 0 Å². The fraction of sp³-hybridized carbons (Fsp3) is 1.00. The van der Waals surface area contributed by atoms with E-state index in [4.69, 9.17) is 14.2 Å². The summed E-state index contributed by atoms with van der Waals surface area (Å²) in [4.78, 5) is 2.31. The normalized spacial score (nSPS) is 23.6. The first-order valence-corrected chi connectivity index (χ1v) is 5.34. The standard InChI is InChI=1S/C10H22N2O3/c1-11-6-9-7-12(4-5-15-9)8-10(13-2)14-3/h9-11H,4-8H2,1-3H3. The van der Waals surface area contributed by atoms with E-state index in [1.807, 2.05) is 7.05 Å². The van der Waals surface area contributed by atoms with Crippen LogP contribution in [0.3, 0.4) is 0 Å². The third-order valence-corrected chi connectivity index (χ3v) is 2.59. The van der Waals surface area contributed by atoms with E-state index in [2.05, 4.69) is 10.2 Å². The molecule has 1 N–H and O–H groups in total. The maximum atomic E-state index is 5.61. The first-order valence-electron chi connectivity index (χ1n) is 5.34. The maximum Gasteiger partial charge on any atom is 0.169 e. The quantitative estimate of drug-likeness (QED) is 0.610. The third-order valence-electron chi connectivity index (χ3n) is 2.59. The third kappa shape index (κ3) is 4.44. The van der Waals surface area contributed by atoms with Gasteiger partial charge in [-0.15, -0.1) is 0 Å². The van der Waals surface area contributed by atoms with Crippen molar-refractivity contribution in [2.45, 2.75) is 12.4 Å². The molecule has 0 bridgehead atoms. The molecule has 1 rings (SSSR count). The Labute approximate surface area is 91.7 Å². The van der Waals surface area contributed by atoms with Gasteiger partial charge in [0.05, 0.1) is 12.7 Å². The zero-order valence-corrected chi connectivity index (χ0v) is 9.86. The summed E-state index contributed by atoms with van der Waals surface area (Å²) in [5.74, 6) is 0. The molecule has 0 aromatic heterocycles. The topological polar surface area (TPSA) is 43.0 Å². The lowest BCUT2D eigenvalue weighted by atomic mass is 10.2. The number of hydrogen-bond acceptors (Lipinski definition) is 5. The van der Waals surface area contributed by atoms with Crippen molar-refractivity contribution in [2.24, 2.45) is 0 Å². The Morgan fingerprint density at radius 3 is 2.80 bits per heavy atom. The summed E-state index contributed by atoms with van der Waals surface area (Å²) in [7, 11) is 5.27. The van der Waals surface area contributed by atoms with Crippen molar-refractivity contribution in [3.63, 3.8) is 0 Å². The molecular formula is C10H22N2O3. The van der Waals surface area contributed by atoms with Crippen LogP contribution in [0.2, 0.25) is 0 Å². The van der Waals surface area contributed by atoms with E-state index in [1.54, 1.807) is 14.2 Å². The molecule has 0 spiro atoms. The minimum absolute atomic E-state index is 0.140. The van der Waals surface area contributed by atoms with E-state index in [0.717, 1.165) is 32.8 Å². The predicted octanol–water partition coefficient (Wildman–Crippen LogP) is -0.474. The van der Waals surface area contributed by atoms with Crippen LogP contribution in [0.15, 0.2) is 0 Å². The van der Waals surface area contributed by atoms with Crippen LogP contribution in [0.25, 0.3) is 0 Å². The van der Waals surface area contributed by atoms with E-state index < -0.39 is 0 Å². The molecule has 0 aliphatic carbocycles. The Kier molecular flexibility index (Phi) is 6.12. The molecule has 1 saturated heterocycles. The number of nitrogens with one attached hydrogen (secondary N) is 1. The zero-order valence-electron chi connectivity index (χ0n) is 9.86. The fourth-order valence-corrected chi connectivity index (χ4v) is 1.75. The number of morpholine rings is 1. The smallest absolute Gasteiger partial charge is 0.169 e. The van der Waals surface area contributed by atoms with Crippen molar-refractivity contribution >= 4 is 0 Å². The summed E-state index contributed by atoms with van der Waals surface area (Å²) in [6, 6.07) is 0. The van der Waals surface area contributed by atoms with Gasteiger partial charge in [-0.1, -0.05) is 0 Å².